The Labute approximate surface area is 86.7 Å². The summed E-state index contributed by atoms with van der Waals surface area (Å²) in [4.78, 5) is 19.4. The fraction of sp³-hybridized carbons (Fsp3) is 0.500. The molecule has 0 fully saturated rings. The fourth-order valence-corrected chi connectivity index (χ4v) is 0.0833. The summed E-state index contributed by atoms with van der Waals surface area (Å²) >= 11 is 0. The maximum atomic E-state index is 9.68. The molecule has 0 amide bonds. The zero-order valence-corrected chi connectivity index (χ0v) is 7.50. The van der Waals surface area contributed by atoms with Gasteiger partial charge in [0.15, 0.2) is 0 Å². The molecule has 0 heterocycles. The molecular weight excluding hydrogens is 168 g/mol. The maximum Gasteiger partial charge on any atom is 2.00 e. The minimum absolute atomic E-state index is 0. The number of hydrogen-bond donors (Lipinski definition) is 1. The minimum Gasteiger partial charge on any atom is -0.547 e. The first-order chi connectivity index (χ1) is 3.89. The van der Waals surface area contributed by atoms with E-state index in [9.17, 15) is 19.8 Å². The molecule has 0 aromatic heterocycles. The summed E-state index contributed by atoms with van der Waals surface area (Å²) < 4.78 is 0. The van der Waals surface area contributed by atoms with Crippen LogP contribution in [-0.2, 0) is 9.59 Å². The second-order valence-electron chi connectivity index (χ2n) is 1.65. The molecule has 0 bridgehead atoms. The predicted molar refractivity (Wildman–Crippen MR) is 26.4 cm³/mol. The summed E-state index contributed by atoms with van der Waals surface area (Å²) in [6, 6.07) is 0. The van der Waals surface area contributed by atoms with E-state index < -0.39 is 17.5 Å². The van der Waals surface area contributed by atoms with E-state index in [-0.39, 0.29) is 37.7 Å². The van der Waals surface area contributed by atoms with Crippen molar-refractivity contribution in [1.82, 2.24) is 0 Å². The molecule has 0 spiro atoms. The van der Waals surface area contributed by atoms with Gasteiger partial charge in [0.05, 0.1) is 11.9 Å². The van der Waals surface area contributed by atoms with Crippen molar-refractivity contribution in [2.75, 3.05) is 0 Å². The molecule has 0 rings (SSSR count). The average molecular weight is 172 g/mol. The first-order valence-corrected chi connectivity index (χ1v) is 2.04. The van der Waals surface area contributed by atoms with Crippen LogP contribution >= 0.6 is 0 Å². The van der Waals surface area contributed by atoms with Crippen LogP contribution < -0.4 is 10.2 Å². The first-order valence-electron chi connectivity index (χ1n) is 2.04. The van der Waals surface area contributed by atoms with Crippen LogP contribution in [0.15, 0.2) is 0 Å². The van der Waals surface area contributed by atoms with Crippen LogP contribution in [0.4, 0.5) is 0 Å². The maximum absolute atomic E-state index is 9.68. The third kappa shape index (κ3) is 2.83. The molecule has 0 aromatic rings. The van der Waals surface area contributed by atoms with Gasteiger partial charge >= 0.3 is 37.7 Å². The quantitative estimate of drug-likeness (QED) is 0.336. The van der Waals surface area contributed by atoms with Crippen LogP contribution in [0.2, 0.25) is 0 Å². The topological polar surface area (TPSA) is 100 Å². The Kier molecular flexibility index (Phi) is 5.28. The summed E-state index contributed by atoms with van der Waals surface area (Å²) in [6.45, 7) is 0.567. The Morgan fingerprint density at radius 3 is 1.50 bits per heavy atom. The number of rotatable bonds is 2. The number of aliphatic hydroxyl groups is 1. The van der Waals surface area contributed by atoms with Crippen molar-refractivity contribution in [1.29, 1.82) is 0 Å². The minimum atomic E-state index is -2.89. The van der Waals surface area contributed by atoms with E-state index in [0.29, 0.717) is 6.92 Å². The van der Waals surface area contributed by atoms with Crippen LogP contribution in [0, 0.1) is 0 Å². The van der Waals surface area contributed by atoms with Gasteiger partial charge in [0, 0.05) is 0 Å². The van der Waals surface area contributed by atoms with Gasteiger partial charge in [-0.05, 0) is 6.92 Å². The summed E-state index contributed by atoms with van der Waals surface area (Å²) in [5, 5.41) is 27.7. The van der Waals surface area contributed by atoms with Gasteiger partial charge in [-0.1, -0.05) is 0 Å². The molecule has 1 N–H and O–H groups in total. The Morgan fingerprint density at radius 2 is 1.50 bits per heavy atom. The van der Waals surface area contributed by atoms with Crippen molar-refractivity contribution in [3.8, 4) is 0 Å². The van der Waals surface area contributed by atoms with Crippen molar-refractivity contribution < 1.29 is 24.9 Å². The third-order valence-corrected chi connectivity index (χ3v) is 0.795. The van der Waals surface area contributed by atoms with E-state index in [4.69, 9.17) is 5.11 Å². The molecular formula is C4H4CaO5. The monoisotopic (exact) mass is 172 g/mol. The van der Waals surface area contributed by atoms with Crippen molar-refractivity contribution in [3.63, 3.8) is 0 Å². The Hall–Kier alpha value is 0.160. The molecule has 0 aliphatic rings. The molecule has 0 unspecified atom stereocenters. The molecule has 52 valence electrons. The van der Waals surface area contributed by atoms with Gasteiger partial charge < -0.3 is 24.9 Å². The number of carboxylic acids is 2. The van der Waals surface area contributed by atoms with Crippen LogP contribution in [0.3, 0.4) is 0 Å². The van der Waals surface area contributed by atoms with E-state index in [2.05, 4.69) is 0 Å². The Bertz CT molecular complexity index is 136. The molecule has 0 aliphatic heterocycles. The number of hydrogen-bond acceptors (Lipinski definition) is 5. The summed E-state index contributed by atoms with van der Waals surface area (Å²) in [5.41, 5.74) is -2.89. The number of aliphatic carboxylic acids is 2. The summed E-state index contributed by atoms with van der Waals surface area (Å²) in [5.74, 6) is -4.16. The standard InChI is InChI=1S/C4H6O5.Ca/c1-4(9,2(5)6)3(7)8;/h9H,1H3,(H,5,6)(H,7,8);/q;+2/p-2. The molecule has 0 radical (unpaired) electrons. The van der Waals surface area contributed by atoms with Crippen molar-refractivity contribution in [2.45, 2.75) is 12.5 Å². The zero-order chi connectivity index (χ0) is 7.65. The van der Waals surface area contributed by atoms with E-state index >= 15 is 0 Å². The molecule has 10 heavy (non-hydrogen) atoms. The van der Waals surface area contributed by atoms with Gasteiger partial charge in [-0.3, -0.25) is 0 Å². The predicted octanol–water partition coefficient (Wildman–Crippen LogP) is -4.14. The van der Waals surface area contributed by atoms with Gasteiger partial charge in [0.2, 0.25) is 0 Å². The van der Waals surface area contributed by atoms with E-state index in [1.807, 2.05) is 0 Å². The Balaban J connectivity index is 0. The number of carbonyl (C=O) groups excluding carboxylic acids is 2. The first kappa shape index (κ1) is 12.8. The fourth-order valence-electron chi connectivity index (χ4n) is 0.0833. The zero-order valence-electron chi connectivity index (χ0n) is 5.29. The normalized spacial score (nSPS) is 9.80. The molecule has 0 aliphatic carbocycles. The van der Waals surface area contributed by atoms with Crippen molar-refractivity contribution in [2.24, 2.45) is 0 Å². The van der Waals surface area contributed by atoms with Gasteiger partial charge in [-0.15, -0.1) is 0 Å². The van der Waals surface area contributed by atoms with Crippen LogP contribution in [0.5, 0.6) is 0 Å². The summed E-state index contributed by atoms with van der Waals surface area (Å²) in [6.07, 6.45) is 0. The summed E-state index contributed by atoms with van der Waals surface area (Å²) in [7, 11) is 0. The second kappa shape index (κ2) is 4.12. The molecule has 5 nitrogen and oxygen atoms in total. The van der Waals surface area contributed by atoms with Crippen molar-refractivity contribution in [3.05, 3.63) is 0 Å². The smallest absolute Gasteiger partial charge is 0.547 e. The molecule has 0 atom stereocenters. The van der Waals surface area contributed by atoms with Crippen molar-refractivity contribution >= 4 is 49.7 Å². The Morgan fingerprint density at radius 1 is 1.30 bits per heavy atom. The van der Waals surface area contributed by atoms with Crippen LogP contribution in [-0.4, -0.2) is 60.4 Å². The average Bonchev–Trinajstić information content (AvgIpc) is 1.65. The molecule has 0 saturated heterocycles. The molecule has 6 heteroatoms. The van der Waals surface area contributed by atoms with Gasteiger partial charge in [0.25, 0.3) is 0 Å². The van der Waals surface area contributed by atoms with E-state index in [1.165, 1.54) is 0 Å². The third-order valence-electron chi connectivity index (χ3n) is 0.795. The number of carboxylic acid groups (broad SMARTS) is 2. The SMILES string of the molecule is CC(O)(C(=O)[O-])C(=O)[O-].[Ca+2]. The van der Waals surface area contributed by atoms with E-state index in [0.717, 1.165) is 0 Å². The van der Waals surface area contributed by atoms with Gasteiger partial charge in [-0.25, -0.2) is 0 Å². The second-order valence-corrected chi connectivity index (χ2v) is 1.65. The molecule has 0 aromatic carbocycles. The van der Waals surface area contributed by atoms with Crippen LogP contribution in [0.25, 0.3) is 0 Å². The molecule has 0 saturated carbocycles. The largest absolute Gasteiger partial charge is 2.00 e. The van der Waals surface area contributed by atoms with Gasteiger partial charge in [-0.2, -0.15) is 0 Å². The van der Waals surface area contributed by atoms with Gasteiger partial charge in [0.1, 0.15) is 5.60 Å². The number of carbonyl (C=O) groups is 2. The van der Waals surface area contributed by atoms with E-state index in [1.54, 1.807) is 0 Å². The van der Waals surface area contributed by atoms with Crippen LogP contribution in [0.1, 0.15) is 6.92 Å².